The second kappa shape index (κ2) is 7.33. The van der Waals surface area contributed by atoms with Crippen molar-refractivity contribution < 1.29 is 9.59 Å². The summed E-state index contributed by atoms with van der Waals surface area (Å²) in [5, 5.41) is 11.2. The molecule has 0 saturated heterocycles. The first-order valence-electron chi connectivity index (χ1n) is 6.35. The average molecular weight is 321 g/mol. The molecular weight excluding hydrogens is 306 g/mol. The van der Waals surface area contributed by atoms with E-state index < -0.39 is 5.25 Å². The van der Waals surface area contributed by atoms with Gasteiger partial charge in [-0.05, 0) is 19.4 Å². The third-order valence-electron chi connectivity index (χ3n) is 2.65. The van der Waals surface area contributed by atoms with Crippen molar-refractivity contribution in [3.05, 3.63) is 35.9 Å². The number of thioether (sulfide) groups is 1. The highest BCUT2D eigenvalue weighted by Gasteiger charge is 2.22. The SMILES string of the molecule is CC(=O)C(Sc1nnc(NCc2ccccc2)s1)C(C)=O. The van der Waals surface area contributed by atoms with E-state index in [-0.39, 0.29) is 11.6 Å². The number of nitrogens with zero attached hydrogens (tertiary/aromatic N) is 2. The molecule has 1 N–H and O–H groups in total. The molecule has 0 radical (unpaired) electrons. The Kier molecular flexibility index (Phi) is 5.46. The van der Waals surface area contributed by atoms with Crippen molar-refractivity contribution in [3.63, 3.8) is 0 Å². The van der Waals surface area contributed by atoms with Crippen LogP contribution in [0.3, 0.4) is 0 Å². The Labute approximate surface area is 131 Å². The van der Waals surface area contributed by atoms with Gasteiger partial charge in [-0.25, -0.2) is 0 Å². The van der Waals surface area contributed by atoms with Crippen molar-refractivity contribution in [2.75, 3.05) is 5.32 Å². The highest BCUT2D eigenvalue weighted by atomic mass is 32.2. The molecule has 1 aromatic heterocycles. The highest BCUT2D eigenvalue weighted by molar-refractivity contribution is 8.03. The molecule has 0 bridgehead atoms. The molecule has 0 spiro atoms. The number of anilines is 1. The van der Waals surface area contributed by atoms with Crippen molar-refractivity contribution in [2.45, 2.75) is 30.0 Å². The van der Waals surface area contributed by atoms with Crippen LogP contribution in [-0.4, -0.2) is 27.0 Å². The molecule has 21 heavy (non-hydrogen) atoms. The second-order valence-electron chi connectivity index (χ2n) is 4.43. The van der Waals surface area contributed by atoms with Crippen LogP contribution in [0, 0.1) is 0 Å². The van der Waals surface area contributed by atoms with Crippen LogP contribution >= 0.6 is 23.1 Å². The maximum Gasteiger partial charge on any atom is 0.206 e. The zero-order valence-corrected chi connectivity index (χ0v) is 13.3. The fourth-order valence-corrected chi connectivity index (χ4v) is 3.47. The first-order chi connectivity index (χ1) is 10.1. The van der Waals surface area contributed by atoms with Gasteiger partial charge in [-0.1, -0.05) is 53.4 Å². The minimum atomic E-state index is -0.695. The quantitative estimate of drug-likeness (QED) is 0.624. The number of aromatic nitrogens is 2. The summed E-state index contributed by atoms with van der Waals surface area (Å²) in [4.78, 5) is 22.8. The van der Waals surface area contributed by atoms with E-state index in [1.165, 1.54) is 25.2 Å². The summed E-state index contributed by atoms with van der Waals surface area (Å²) in [6.07, 6.45) is 0. The van der Waals surface area contributed by atoms with E-state index in [0.717, 1.165) is 17.3 Å². The summed E-state index contributed by atoms with van der Waals surface area (Å²) in [6.45, 7) is 3.48. The number of hydrogen-bond donors (Lipinski definition) is 1. The van der Waals surface area contributed by atoms with Gasteiger partial charge < -0.3 is 5.32 Å². The van der Waals surface area contributed by atoms with Gasteiger partial charge in [-0.2, -0.15) is 0 Å². The van der Waals surface area contributed by atoms with Crippen molar-refractivity contribution in [1.29, 1.82) is 0 Å². The second-order valence-corrected chi connectivity index (χ2v) is 6.76. The number of carbonyl (C=O) groups excluding carboxylic acids is 2. The fourth-order valence-electron chi connectivity index (χ4n) is 1.66. The number of carbonyl (C=O) groups is 2. The average Bonchev–Trinajstić information content (AvgIpc) is 2.91. The molecule has 7 heteroatoms. The molecule has 0 amide bonds. The number of rotatable bonds is 7. The molecule has 5 nitrogen and oxygen atoms in total. The minimum Gasteiger partial charge on any atom is -0.356 e. The van der Waals surface area contributed by atoms with E-state index in [9.17, 15) is 9.59 Å². The van der Waals surface area contributed by atoms with Crippen LogP contribution in [0.5, 0.6) is 0 Å². The first kappa shape index (κ1) is 15.7. The lowest BCUT2D eigenvalue weighted by atomic mass is 10.2. The Hall–Kier alpha value is -1.73. The Morgan fingerprint density at radius 2 is 1.86 bits per heavy atom. The Balaban J connectivity index is 1.95. The molecule has 0 atom stereocenters. The Morgan fingerprint density at radius 1 is 1.19 bits per heavy atom. The molecule has 1 heterocycles. The van der Waals surface area contributed by atoms with Gasteiger partial charge in [-0.3, -0.25) is 9.59 Å². The number of benzene rings is 1. The number of ketones is 2. The molecule has 0 saturated carbocycles. The largest absolute Gasteiger partial charge is 0.356 e. The van der Waals surface area contributed by atoms with Crippen molar-refractivity contribution in [2.24, 2.45) is 0 Å². The summed E-state index contributed by atoms with van der Waals surface area (Å²) in [5.74, 6) is -0.331. The van der Waals surface area contributed by atoms with Gasteiger partial charge in [-0.15, -0.1) is 10.2 Å². The number of Topliss-reactive ketones (excluding diaryl/α,β-unsaturated/α-hetero) is 2. The molecule has 0 aliphatic heterocycles. The fraction of sp³-hybridized carbons (Fsp3) is 0.286. The van der Waals surface area contributed by atoms with E-state index in [1.807, 2.05) is 30.3 Å². The maximum absolute atomic E-state index is 11.4. The third kappa shape index (κ3) is 4.64. The Morgan fingerprint density at radius 3 is 2.48 bits per heavy atom. The standard InChI is InChI=1S/C14H15N3O2S2/c1-9(18)12(10(2)19)20-14-17-16-13(21-14)15-8-11-6-4-3-5-7-11/h3-7,12H,8H2,1-2H3,(H,15,16). The van der Waals surface area contributed by atoms with Crippen LogP contribution in [0.2, 0.25) is 0 Å². The molecule has 2 rings (SSSR count). The highest BCUT2D eigenvalue weighted by Crippen LogP contribution is 2.30. The van der Waals surface area contributed by atoms with Gasteiger partial charge in [0.2, 0.25) is 5.13 Å². The van der Waals surface area contributed by atoms with E-state index in [1.54, 1.807) is 0 Å². The van der Waals surface area contributed by atoms with Crippen LogP contribution in [0.25, 0.3) is 0 Å². The predicted octanol–water partition coefficient (Wildman–Crippen LogP) is 2.79. The predicted molar refractivity (Wildman–Crippen MR) is 84.7 cm³/mol. The number of hydrogen-bond acceptors (Lipinski definition) is 7. The van der Waals surface area contributed by atoms with E-state index in [4.69, 9.17) is 0 Å². The smallest absolute Gasteiger partial charge is 0.206 e. The molecule has 0 unspecified atom stereocenters. The molecule has 0 aliphatic rings. The summed E-state index contributed by atoms with van der Waals surface area (Å²) in [7, 11) is 0. The lowest BCUT2D eigenvalue weighted by Gasteiger charge is -2.05. The zero-order chi connectivity index (χ0) is 15.2. The maximum atomic E-state index is 11.4. The molecule has 0 fully saturated rings. The lowest BCUT2D eigenvalue weighted by molar-refractivity contribution is -0.123. The molecular formula is C14H15N3O2S2. The van der Waals surface area contributed by atoms with Crippen LogP contribution in [0.15, 0.2) is 34.7 Å². The van der Waals surface area contributed by atoms with Crippen molar-refractivity contribution in [1.82, 2.24) is 10.2 Å². The monoisotopic (exact) mass is 321 g/mol. The van der Waals surface area contributed by atoms with Crippen molar-refractivity contribution >= 4 is 39.8 Å². The van der Waals surface area contributed by atoms with Gasteiger partial charge in [0.05, 0.1) is 0 Å². The van der Waals surface area contributed by atoms with Crippen LogP contribution in [0.4, 0.5) is 5.13 Å². The van der Waals surface area contributed by atoms with E-state index >= 15 is 0 Å². The van der Waals surface area contributed by atoms with E-state index in [2.05, 4.69) is 15.5 Å². The summed E-state index contributed by atoms with van der Waals surface area (Å²) in [5.41, 5.74) is 1.15. The molecule has 2 aromatic rings. The third-order valence-corrected chi connectivity index (χ3v) is 5.05. The van der Waals surface area contributed by atoms with Crippen molar-refractivity contribution in [3.8, 4) is 0 Å². The lowest BCUT2D eigenvalue weighted by Crippen LogP contribution is -2.21. The van der Waals surface area contributed by atoms with Gasteiger partial charge in [0.1, 0.15) is 5.25 Å². The minimum absolute atomic E-state index is 0.165. The zero-order valence-electron chi connectivity index (χ0n) is 11.7. The van der Waals surface area contributed by atoms with Gasteiger partial charge in [0.25, 0.3) is 0 Å². The van der Waals surface area contributed by atoms with E-state index in [0.29, 0.717) is 16.0 Å². The summed E-state index contributed by atoms with van der Waals surface area (Å²) in [6, 6.07) is 9.95. The normalized spacial score (nSPS) is 10.6. The number of nitrogens with one attached hydrogen (secondary N) is 1. The van der Waals surface area contributed by atoms with Gasteiger partial charge >= 0.3 is 0 Å². The van der Waals surface area contributed by atoms with Gasteiger partial charge in [0, 0.05) is 6.54 Å². The molecule has 1 aromatic carbocycles. The topological polar surface area (TPSA) is 72.0 Å². The summed E-state index contributed by atoms with van der Waals surface area (Å²) >= 11 is 2.49. The van der Waals surface area contributed by atoms with Gasteiger partial charge in [0.15, 0.2) is 15.9 Å². The first-order valence-corrected chi connectivity index (χ1v) is 8.04. The Bertz CT molecular complexity index is 614. The molecule has 110 valence electrons. The molecule has 0 aliphatic carbocycles. The summed E-state index contributed by atoms with van der Waals surface area (Å²) < 4.78 is 0.612. The van der Waals surface area contributed by atoms with Crippen LogP contribution in [-0.2, 0) is 16.1 Å². The van der Waals surface area contributed by atoms with Crippen LogP contribution < -0.4 is 5.32 Å². The van der Waals surface area contributed by atoms with Crippen LogP contribution in [0.1, 0.15) is 19.4 Å².